The molecule has 1 aromatic heterocycles. The molecule has 1 amide bonds. The molecule has 1 rings (SSSR count). The van der Waals surface area contributed by atoms with Crippen LogP contribution in [0.4, 0.5) is 8.78 Å². The summed E-state index contributed by atoms with van der Waals surface area (Å²) in [6, 6.07) is 3.00. The Kier molecular flexibility index (Phi) is 5.17. The fraction of sp³-hybridized carbons (Fsp3) is 0.500. The van der Waals surface area contributed by atoms with Gasteiger partial charge in [-0.3, -0.25) is 9.63 Å². The fourth-order valence-corrected chi connectivity index (χ4v) is 1.37. The zero-order chi connectivity index (χ0) is 14.6. The topological polar surface area (TPSA) is 51.7 Å². The molecule has 1 aromatic rings. The number of hydrogen-bond donors (Lipinski definition) is 0. The van der Waals surface area contributed by atoms with Gasteiger partial charge in [-0.05, 0) is 18.1 Å². The summed E-state index contributed by atoms with van der Waals surface area (Å²) in [7, 11) is 2.66. The molecule has 0 spiro atoms. The van der Waals surface area contributed by atoms with Gasteiger partial charge in [-0.15, -0.1) is 0 Å². The molecule has 0 atom stereocenters. The second-order valence-electron chi connectivity index (χ2n) is 4.11. The third-order valence-electron chi connectivity index (χ3n) is 2.46. The second kappa shape index (κ2) is 6.42. The zero-order valence-electron chi connectivity index (χ0n) is 11.2. The highest BCUT2D eigenvalue weighted by atomic mass is 19.3. The Balaban J connectivity index is 3.19. The monoisotopic (exact) mass is 274 g/mol. The van der Waals surface area contributed by atoms with Crippen molar-refractivity contribution in [3.8, 4) is 5.88 Å². The van der Waals surface area contributed by atoms with Gasteiger partial charge in [0.15, 0.2) is 0 Å². The van der Waals surface area contributed by atoms with Gasteiger partial charge >= 0.3 is 6.61 Å². The van der Waals surface area contributed by atoms with E-state index in [0.717, 1.165) is 5.06 Å². The standard InChI is InChI=1S/C12H16F2N2O3/c1-7(2)9-6-5-8(11(17)16(3)18-4)10(15-9)19-12(13)14/h5-7,12H,1-4H3. The molecule has 0 fully saturated rings. The minimum atomic E-state index is -3.05. The maximum absolute atomic E-state index is 12.4. The molecule has 0 radical (unpaired) electrons. The summed E-state index contributed by atoms with van der Waals surface area (Å²) in [5, 5.41) is 0.907. The lowest BCUT2D eigenvalue weighted by atomic mass is 10.1. The molecule has 0 aliphatic heterocycles. The van der Waals surface area contributed by atoms with Crippen molar-refractivity contribution < 1.29 is 23.1 Å². The van der Waals surface area contributed by atoms with E-state index in [1.54, 1.807) is 6.07 Å². The number of alkyl halides is 2. The number of carbonyl (C=O) groups is 1. The van der Waals surface area contributed by atoms with Gasteiger partial charge in [0, 0.05) is 12.7 Å². The number of ether oxygens (including phenoxy) is 1. The van der Waals surface area contributed by atoms with Crippen molar-refractivity contribution in [3.05, 3.63) is 23.4 Å². The molecule has 0 N–H and O–H groups in total. The van der Waals surface area contributed by atoms with E-state index in [0.29, 0.717) is 5.69 Å². The molecular formula is C12H16F2N2O3. The van der Waals surface area contributed by atoms with E-state index in [-0.39, 0.29) is 11.5 Å². The number of carbonyl (C=O) groups excluding carboxylic acids is 1. The Morgan fingerprint density at radius 1 is 1.37 bits per heavy atom. The highest BCUT2D eigenvalue weighted by molar-refractivity contribution is 5.95. The summed E-state index contributed by atoms with van der Waals surface area (Å²) in [6.45, 7) is 0.670. The van der Waals surface area contributed by atoms with Gasteiger partial charge in [-0.2, -0.15) is 8.78 Å². The van der Waals surface area contributed by atoms with E-state index >= 15 is 0 Å². The number of aromatic nitrogens is 1. The summed E-state index contributed by atoms with van der Waals surface area (Å²) >= 11 is 0. The smallest absolute Gasteiger partial charge is 0.388 e. The van der Waals surface area contributed by atoms with Crippen molar-refractivity contribution in [2.75, 3.05) is 14.2 Å². The largest absolute Gasteiger partial charge is 0.416 e. The lowest BCUT2D eigenvalue weighted by molar-refractivity contribution is -0.0774. The van der Waals surface area contributed by atoms with E-state index in [2.05, 4.69) is 9.72 Å². The highest BCUT2D eigenvalue weighted by Crippen LogP contribution is 2.23. The molecule has 7 heteroatoms. The Labute approximate surface area is 110 Å². The normalized spacial score (nSPS) is 10.9. The van der Waals surface area contributed by atoms with Crippen LogP contribution >= 0.6 is 0 Å². The van der Waals surface area contributed by atoms with Gasteiger partial charge in [0.2, 0.25) is 5.88 Å². The average Bonchev–Trinajstić information content (AvgIpc) is 2.36. The summed E-state index contributed by atoms with van der Waals surface area (Å²) in [5.41, 5.74) is 0.487. The fourth-order valence-electron chi connectivity index (χ4n) is 1.37. The first-order valence-electron chi connectivity index (χ1n) is 5.64. The van der Waals surface area contributed by atoms with Crippen LogP contribution in [0.2, 0.25) is 0 Å². The highest BCUT2D eigenvalue weighted by Gasteiger charge is 2.21. The number of amides is 1. The Bertz CT molecular complexity index is 453. The molecule has 0 unspecified atom stereocenters. The van der Waals surface area contributed by atoms with Crippen LogP contribution in [0, 0.1) is 0 Å². The predicted octanol–water partition coefficient (Wildman–Crippen LogP) is 2.44. The maximum atomic E-state index is 12.4. The Morgan fingerprint density at radius 2 is 2.00 bits per heavy atom. The second-order valence-corrected chi connectivity index (χ2v) is 4.11. The minimum absolute atomic E-state index is 0.0318. The third-order valence-corrected chi connectivity index (χ3v) is 2.46. The molecular weight excluding hydrogens is 258 g/mol. The Hall–Kier alpha value is -1.76. The first kappa shape index (κ1) is 15.3. The van der Waals surface area contributed by atoms with Gasteiger partial charge in [0.25, 0.3) is 5.91 Å². The quantitative estimate of drug-likeness (QED) is 0.774. The van der Waals surface area contributed by atoms with Gasteiger partial charge in [0.1, 0.15) is 5.56 Å². The van der Waals surface area contributed by atoms with Crippen LogP contribution in [0.5, 0.6) is 5.88 Å². The molecule has 5 nitrogen and oxygen atoms in total. The minimum Gasteiger partial charge on any atom is -0.416 e. The Morgan fingerprint density at radius 3 is 2.47 bits per heavy atom. The van der Waals surface area contributed by atoms with E-state index < -0.39 is 18.4 Å². The van der Waals surface area contributed by atoms with Crippen molar-refractivity contribution in [1.29, 1.82) is 0 Å². The van der Waals surface area contributed by atoms with Crippen LogP contribution in [0.1, 0.15) is 35.8 Å². The SMILES string of the molecule is CON(C)C(=O)c1ccc(C(C)C)nc1OC(F)F. The summed E-state index contributed by atoms with van der Waals surface area (Å²) in [6.07, 6.45) is 0. The first-order valence-corrected chi connectivity index (χ1v) is 5.64. The van der Waals surface area contributed by atoms with Crippen LogP contribution in [0.3, 0.4) is 0 Å². The molecule has 0 saturated heterocycles. The number of hydrogen-bond acceptors (Lipinski definition) is 4. The molecule has 0 aromatic carbocycles. The molecule has 0 aliphatic rings. The van der Waals surface area contributed by atoms with Gasteiger partial charge in [-0.1, -0.05) is 13.8 Å². The lowest BCUT2D eigenvalue weighted by Gasteiger charge is -2.17. The van der Waals surface area contributed by atoms with Crippen LogP contribution in [0.25, 0.3) is 0 Å². The summed E-state index contributed by atoms with van der Waals surface area (Å²) in [4.78, 5) is 20.6. The van der Waals surface area contributed by atoms with E-state index in [9.17, 15) is 13.6 Å². The number of nitrogens with zero attached hydrogens (tertiary/aromatic N) is 2. The summed E-state index contributed by atoms with van der Waals surface area (Å²) < 4.78 is 29.0. The van der Waals surface area contributed by atoms with Crippen LogP contribution in [-0.4, -0.2) is 36.7 Å². The molecule has 0 saturated carbocycles. The lowest BCUT2D eigenvalue weighted by Crippen LogP contribution is -2.26. The van der Waals surface area contributed by atoms with E-state index in [4.69, 9.17) is 4.84 Å². The van der Waals surface area contributed by atoms with E-state index in [1.165, 1.54) is 20.2 Å². The molecule has 1 heterocycles. The van der Waals surface area contributed by atoms with Crippen LogP contribution < -0.4 is 4.74 Å². The summed E-state index contributed by atoms with van der Waals surface area (Å²) in [5.74, 6) is -0.972. The van der Waals surface area contributed by atoms with Crippen LogP contribution in [0.15, 0.2) is 12.1 Å². The average molecular weight is 274 g/mol. The third kappa shape index (κ3) is 3.85. The molecule has 106 valence electrons. The number of pyridine rings is 1. The van der Waals surface area contributed by atoms with E-state index in [1.807, 2.05) is 13.8 Å². The van der Waals surface area contributed by atoms with Crippen molar-refractivity contribution in [2.45, 2.75) is 26.4 Å². The first-order chi connectivity index (χ1) is 8.86. The van der Waals surface area contributed by atoms with Crippen molar-refractivity contribution in [3.63, 3.8) is 0 Å². The number of rotatable bonds is 5. The van der Waals surface area contributed by atoms with Crippen LogP contribution in [-0.2, 0) is 4.84 Å². The van der Waals surface area contributed by atoms with Crippen molar-refractivity contribution in [2.24, 2.45) is 0 Å². The van der Waals surface area contributed by atoms with Gasteiger partial charge in [0.05, 0.1) is 7.11 Å². The number of halogens is 2. The maximum Gasteiger partial charge on any atom is 0.388 e. The molecule has 0 bridgehead atoms. The molecule has 0 aliphatic carbocycles. The van der Waals surface area contributed by atoms with Gasteiger partial charge < -0.3 is 4.74 Å². The van der Waals surface area contributed by atoms with Crippen molar-refractivity contribution >= 4 is 5.91 Å². The van der Waals surface area contributed by atoms with Crippen molar-refractivity contribution in [1.82, 2.24) is 10.0 Å². The van der Waals surface area contributed by atoms with Gasteiger partial charge in [-0.25, -0.2) is 10.0 Å². The number of hydroxylamine groups is 2. The zero-order valence-corrected chi connectivity index (χ0v) is 11.2. The molecule has 19 heavy (non-hydrogen) atoms. The predicted molar refractivity (Wildman–Crippen MR) is 64.1 cm³/mol.